The van der Waals surface area contributed by atoms with E-state index in [2.05, 4.69) is 10.6 Å². The van der Waals surface area contributed by atoms with Gasteiger partial charge in [-0.25, -0.2) is 4.79 Å². The average molecular weight is 523 g/mol. The molecule has 38 heavy (non-hydrogen) atoms. The number of carbonyl (C=O) groups is 3. The van der Waals surface area contributed by atoms with Gasteiger partial charge in [-0.15, -0.1) is 0 Å². The maximum atomic E-state index is 13.5. The number of para-hydroxylation sites is 1. The number of nitrogens with zero attached hydrogens (tertiary/aromatic N) is 2. The molecule has 204 valence electrons. The van der Waals surface area contributed by atoms with Crippen LogP contribution in [0, 0.1) is 11.8 Å². The van der Waals surface area contributed by atoms with Gasteiger partial charge in [0.1, 0.15) is 12.4 Å². The van der Waals surface area contributed by atoms with Crippen molar-refractivity contribution in [3.05, 3.63) is 54.1 Å². The minimum atomic E-state index is -0.419. The van der Waals surface area contributed by atoms with Crippen molar-refractivity contribution < 1.29 is 23.9 Å². The van der Waals surface area contributed by atoms with Crippen molar-refractivity contribution in [2.45, 2.75) is 45.3 Å². The number of anilines is 2. The number of fused-ring (bicyclic) bond motifs is 1. The average Bonchev–Trinajstić information content (AvgIpc) is 3.72. The number of hydrogen-bond donors (Lipinski definition) is 2. The van der Waals surface area contributed by atoms with E-state index in [1.54, 1.807) is 49.4 Å². The van der Waals surface area contributed by atoms with Crippen molar-refractivity contribution >= 4 is 29.2 Å². The smallest absolute Gasteiger partial charge is 0.323 e. The summed E-state index contributed by atoms with van der Waals surface area (Å²) in [5.74, 6) is 0.793. The third kappa shape index (κ3) is 7.04. The molecule has 2 aromatic carbocycles. The summed E-state index contributed by atoms with van der Waals surface area (Å²) < 4.78 is 11.9. The number of urea groups is 1. The van der Waals surface area contributed by atoms with Gasteiger partial charge in [0, 0.05) is 51.0 Å². The van der Waals surface area contributed by atoms with Gasteiger partial charge in [0.25, 0.3) is 5.91 Å². The maximum Gasteiger partial charge on any atom is 0.323 e. The Morgan fingerprint density at radius 2 is 1.74 bits per heavy atom. The molecule has 4 rings (SSSR count). The maximum absolute atomic E-state index is 13.5. The van der Waals surface area contributed by atoms with Crippen LogP contribution in [0.3, 0.4) is 0 Å². The Morgan fingerprint density at radius 1 is 1.03 bits per heavy atom. The standard InChI is InChI=1S/C29H38N4O5/c1-19-16-33(27(34)14-21-10-11-21)20(2)18-38-25-13-12-23(31-29(36)30-22-8-6-5-7-9-22)15-24(25)28(35)32(3)17-26(19)37-4/h5-9,12-13,15,19-21,26H,10-11,14,16-18H2,1-4H3,(H2,30,31,36)/t19-,20-,26+/m0/s1. The first kappa shape index (κ1) is 27.4. The number of carbonyl (C=O) groups excluding carboxylic acids is 3. The Hall–Kier alpha value is -3.59. The van der Waals surface area contributed by atoms with Crippen LogP contribution in [0.4, 0.5) is 16.2 Å². The third-order valence-corrected chi connectivity index (χ3v) is 7.21. The van der Waals surface area contributed by atoms with Gasteiger partial charge >= 0.3 is 6.03 Å². The van der Waals surface area contributed by atoms with Gasteiger partial charge in [0.15, 0.2) is 0 Å². The Labute approximate surface area is 224 Å². The molecule has 0 aromatic heterocycles. The number of benzene rings is 2. The molecule has 9 nitrogen and oxygen atoms in total. The third-order valence-electron chi connectivity index (χ3n) is 7.21. The highest BCUT2D eigenvalue weighted by Crippen LogP contribution is 2.33. The Morgan fingerprint density at radius 3 is 2.42 bits per heavy atom. The molecule has 1 aliphatic heterocycles. The fraction of sp³-hybridized carbons (Fsp3) is 0.483. The highest BCUT2D eigenvalue weighted by Gasteiger charge is 2.33. The molecule has 1 saturated carbocycles. The van der Waals surface area contributed by atoms with E-state index in [4.69, 9.17) is 9.47 Å². The van der Waals surface area contributed by atoms with E-state index >= 15 is 0 Å². The van der Waals surface area contributed by atoms with Crippen molar-refractivity contribution in [3.8, 4) is 5.75 Å². The molecule has 9 heteroatoms. The van der Waals surface area contributed by atoms with Crippen LogP contribution in [0.1, 0.15) is 43.5 Å². The van der Waals surface area contributed by atoms with E-state index in [1.807, 2.05) is 36.9 Å². The van der Waals surface area contributed by atoms with E-state index in [9.17, 15) is 14.4 Å². The fourth-order valence-corrected chi connectivity index (χ4v) is 4.70. The van der Waals surface area contributed by atoms with Gasteiger partial charge in [-0.3, -0.25) is 9.59 Å². The topological polar surface area (TPSA) is 100 Å². The van der Waals surface area contributed by atoms with E-state index in [1.165, 1.54) is 0 Å². The zero-order chi connectivity index (χ0) is 27.2. The summed E-state index contributed by atoms with van der Waals surface area (Å²) in [4.78, 5) is 42.8. The fourth-order valence-electron chi connectivity index (χ4n) is 4.70. The van der Waals surface area contributed by atoms with E-state index in [-0.39, 0.29) is 36.5 Å². The molecule has 1 heterocycles. The van der Waals surface area contributed by atoms with Gasteiger partial charge < -0.3 is 29.9 Å². The second kappa shape index (κ2) is 12.3. The predicted molar refractivity (Wildman–Crippen MR) is 146 cm³/mol. The number of hydrogen-bond acceptors (Lipinski definition) is 5. The molecular formula is C29H38N4O5. The summed E-state index contributed by atoms with van der Waals surface area (Å²) >= 11 is 0. The Bertz CT molecular complexity index is 1140. The first-order valence-electron chi connectivity index (χ1n) is 13.2. The van der Waals surface area contributed by atoms with Crippen LogP contribution in [0.5, 0.6) is 5.75 Å². The van der Waals surface area contributed by atoms with Gasteiger partial charge in [0.05, 0.1) is 17.7 Å². The quantitative estimate of drug-likeness (QED) is 0.604. The largest absolute Gasteiger partial charge is 0.491 e. The Kier molecular flexibility index (Phi) is 8.89. The zero-order valence-corrected chi connectivity index (χ0v) is 22.6. The first-order chi connectivity index (χ1) is 18.2. The van der Waals surface area contributed by atoms with Crippen molar-refractivity contribution in [3.63, 3.8) is 0 Å². The summed E-state index contributed by atoms with van der Waals surface area (Å²) in [6.45, 7) is 5.14. The summed E-state index contributed by atoms with van der Waals surface area (Å²) in [6.07, 6.45) is 2.53. The van der Waals surface area contributed by atoms with Crippen LogP contribution in [-0.2, 0) is 9.53 Å². The lowest BCUT2D eigenvalue weighted by molar-refractivity contribution is -0.135. The lowest BCUT2D eigenvalue weighted by Crippen LogP contribution is -2.48. The van der Waals surface area contributed by atoms with Crippen LogP contribution in [0.15, 0.2) is 48.5 Å². The molecule has 0 radical (unpaired) electrons. The number of ether oxygens (including phenoxy) is 2. The summed E-state index contributed by atoms with van der Waals surface area (Å²) in [6, 6.07) is 13.5. The molecule has 1 aliphatic carbocycles. The first-order valence-corrected chi connectivity index (χ1v) is 13.2. The van der Waals surface area contributed by atoms with Crippen LogP contribution in [0.25, 0.3) is 0 Å². The van der Waals surface area contributed by atoms with Crippen LogP contribution in [-0.4, -0.2) is 73.6 Å². The summed E-state index contributed by atoms with van der Waals surface area (Å²) in [5.41, 5.74) is 1.45. The predicted octanol–water partition coefficient (Wildman–Crippen LogP) is 4.46. The molecule has 2 aromatic rings. The molecule has 3 atom stereocenters. The number of rotatable bonds is 5. The second-order valence-electron chi connectivity index (χ2n) is 10.4. The minimum Gasteiger partial charge on any atom is -0.491 e. The molecule has 2 N–H and O–H groups in total. The van der Waals surface area contributed by atoms with E-state index < -0.39 is 6.03 Å². The highest BCUT2D eigenvalue weighted by atomic mass is 16.5. The van der Waals surface area contributed by atoms with Crippen molar-refractivity contribution in [2.75, 3.05) is 44.5 Å². The lowest BCUT2D eigenvalue weighted by Gasteiger charge is -2.36. The van der Waals surface area contributed by atoms with Crippen LogP contribution in [0.2, 0.25) is 0 Å². The van der Waals surface area contributed by atoms with E-state index in [0.717, 1.165) is 12.8 Å². The Balaban J connectivity index is 1.57. The molecule has 0 saturated heterocycles. The molecule has 4 amide bonds. The molecule has 2 aliphatic rings. The second-order valence-corrected chi connectivity index (χ2v) is 10.4. The summed E-state index contributed by atoms with van der Waals surface area (Å²) in [5, 5.41) is 5.56. The zero-order valence-electron chi connectivity index (χ0n) is 22.6. The van der Waals surface area contributed by atoms with Crippen molar-refractivity contribution in [1.82, 2.24) is 9.80 Å². The minimum absolute atomic E-state index is 0.00873. The number of likely N-dealkylation sites (N-methyl/N-ethyl adjacent to an activating group) is 1. The van der Waals surface area contributed by atoms with Gasteiger partial charge in [-0.2, -0.15) is 0 Å². The van der Waals surface area contributed by atoms with Gasteiger partial charge in [-0.1, -0.05) is 25.1 Å². The number of nitrogens with one attached hydrogen (secondary N) is 2. The molecule has 0 unspecified atom stereocenters. The highest BCUT2D eigenvalue weighted by molar-refractivity contribution is 6.02. The number of amides is 4. The number of methoxy groups -OCH3 is 1. The lowest BCUT2D eigenvalue weighted by atomic mass is 10.0. The van der Waals surface area contributed by atoms with Crippen LogP contribution >= 0.6 is 0 Å². The van der Waals surface area contributed by atoms with Crippen LogP contribution < -0.4 is 15.4 Å². The summed E-state index contributed by atoms with van der Waals surface area (Å²) in [7, 11) is 3.35. The van der Waals surface area contributed by atoms with Crippen molar-refractivity contribution in [2.24, 2.45) is 11.8 Å². The molecule has 0 bridgehead atoms. The molecule has 1 fully saturated rings. The van der Waals surface area contributed by atoms with Gasteiger partial charge in [-0.05, 0) is 56.0 Å². The molecule has 0 spiro atoms. The molecular weight excluding hydrogens is 484 g/mol. The van der Waals surface area contributed by atoms with Gasteiger partial charge in [0.2, 0.25) is 5.91 Å². The SMILES string of the molecule is CO[C@@H]1CN(C)C(=O)c2cc(NC(=O)Nc3ccccc3)ccc2OC[C@H](C)N(C(=O)CC2CC2)C[C@@H]1C. The monoisotopic (exact) mass is 522 g/mol. The van der Waals surface area contributed by atoms with E-state index in [0.29, 0.717) is 48.1 Å². The normalized spacial score (nSPS) is 22.4. The van der Waals surface area contributed by atoms with Crippen molar-refractivity contribution in [1.29, 1.82) is 0 Å².